The molecule has 5 nitrogen and oxygen atoms in total. The van der Waals surface area contributed by atoms with E-state index >= 15 is 0 Å². The molecule has 0 spiro atoms. The van der Waals surface area contributed by atoms with Crippen LogP contribution in [0.5, 0.6) is 0 Å². The van der Waals surface area contributed by atoms with E-state index in [4.69, 9.17) is 11.6 Å². The quantitative estimate of drug-likeness (QED) is 0.729. The molecule has 0 bridgehead atoms. The first kappa shape index (κ1) is 18.4. The lowest BCUT2D eigenvalue weighted by Crippen LogP contribution is -2.27. The molecule has 1 saturated heterocycles. The fourth-order valence-electron chi connectivity index (χ4n) is 3.03. The predicted octanol–water partition coefficient (Wildman–Crippen LogP) is 3.32. The molecule has 0 saturated carbocycles. The first-order valence-electron chi connectivity index (χ1n) is 8.78. The Morgan fingerprint density at radius 3 is 2.58 bits per heavy atom. The average Bonchev–Trinajstić information content (AvgIpc) is 3.16. The van der Waals surface area contributed by atoms with E-state index in [1.807, 2.05) is 0 Å². The van der Waals surface area contributed by atoms with E-state index in [9.17, 15) is 9.59 Å². The molecule has 1 aliphatic rings. The molecule has 3 rings (SSSR count). The second-order valence-electron chi connectivity index (χ2n) is 6.41. The lowest BCUT2D eigenvalue weighted by atomic mass is 10.1. The number of para-hydroxylation sites is 1. The van der Waals surface area contributed by atoms with E-state index < -0.39 is 0 Å². The van der Waals surface area contributed by atoms with Gasteiger partial charge in [0, 0.05) is 17.1 Å². The van der Waals surface area contributed by atoms with Crippen LogP contribution in [0.4, 0.5) is 5.69 Å². The molecule has 2 amide bonds. The van der Waals surface area contributed by atoms with E-state index in [0.717, 1.165) is 25.9 Å². The molecule has 1 unspecified atom stereocenters. The van der Waals surface area contributed by atoms with Gasteiger partial charge in [0.2, 0.25) is 0 Å². The van der Waals surface area contributed by atoms with E-state index in [0.29, 0.717) is 34.3 Å². The van der Waals surface area contributed by atoms with Gasteiger partial charge in [-0.15, -0.1) is 0 Å². The smallest absolute Gasteiger partial charge is 0.255 e. The number of amides is 2. The highest BCUT2D eigenvalue weighted by Gasteiger charge is 2.16. The summed E-state index contributed by atoms with van der Waals surface area (Å²) in [5.41, 5.74) is 1.44. The second kappa shape index (κ2) is 8.83. The Morgan fingerprint density at radius 1 is 1.08 bits per heavy atom. The summed E-state index contributed by atoms with van der Waals surface area (Å²) in [6.45, 7) is 2.70. The van der Waals surface area contributed by atoms with Crippen molar-refractivity contribution in [1.82, 2.24) is 10.6 Å². The number of hydrogen-bond donors (Lipinski definition) is 3. The minimum absolute atomic E-state index is 0.178. The van der Waals surface area contributed by atoms with Gasteiger partial charge in [-0.25, -0.2) is 0 Å². The molecule has 1 atom stereocenters. The van der Waals surface area contributed by atoms with E-state index in [1.165, 1.54) is 0 Å². The van der Waals surface area contributed by atoms with E-state index in [2.05, 4.69) is 16.0 Å². The highest BCUT2D eigenvalue weighted by Crippen LogP contribution is 2.18. The van der Waals surface area contributed by atoms with Crippen molar-refractivity contribution < 1.29 is 9.59 Å². The number of carbonyl (C=O) groups excluding carboxylic acids is 2. The number of carbonyl (C=O) groups is 2. The van der Waals surface area contributed by atoms with Crippen LogP contribution >= 0.6 is 11.6 Å². The molecule has 1 heterocycles. The number of hydrogen-bond acceptors (Lipinski definition) is 3. The summed E-state index contributed by atoms with van der Waals surface area (Å²) in [7, 11) is 0. The molecular formula is C20H22ClN3O2. The van der Waals surface area contributed by atoms with Crippen molar-refractivity contribution in [3.05, 3.63) is 64.7 Å². The maximum atomic E-state index is 12.5. The lowest BCUT2D eigenvalue weighted by molar-refractivity contribution is 0.0952. The summed E-state index contributed by atoms with van der Waals surface area (Å²) >= 11 is 5.85. The Hall–Kier alpha value is -2.37. The van der Waals surface area contributed by atoms with Crippen LogP contribution in [0.2, 0.25) is 5.02 Å². The average molecular weight is 372 g/mol. The van der Waals surface area contributed by atoms with Crippen LogP contribution in [0.1, 0.15) is 33.6 Å². The van der Waals surface area contributed by atoms with Crippen LogP contribution in [0.3, 0.4) is 0 Å². The normalized spacial score (nSPS) is 16.3. The molecule has 136 valence electrons. The van der Waals surface area contributed by atoms with Crippen LogP contribution in [-0.4, -0.2) is 31.4 Å². The molecule has 6 heteroatoms. The van der Waals surface area contributed by atoms with Gasteiger partial charge in [0.15, 0.2) is 0 Å². The molecule has 2 aromatic rings. The van der Waals surface area contributed by atoms with E-state index in [-0.39, 0.29) is 11.8 Å². The van der Waals surface area contributed by atoms with Crippen LogP contribution in [0, 0.1) is 5.92 Å². The Morgan fingerprint density at radius 2 is 1.85 bits per heavy atom. The first-order valence-corrected chi connectivity index (χ1v) is 9.16. The van der Waals surface area contributed by atoms with Gasteiger partial charge in [0.25, 0.3) is 11.8 Å². The standard InChI is InChI=1S/C20H22ClN3O2/c21-16-7-5-15(6-8-16)19(25)24-18-4-2-1-3-17(18)20(26)23-12-10-14-9-11-22-13-14/h1-8,14,22H,9-13H2,(H,23,26)(H,24,25). The third-order valence-electron chi connectivity index (χ3n) is 4.53. The zero-order valence-corrected chi connectivity index (χ0v) is 15.2. The fourth-order valence-corrected chi connectivity index (χ4v) is 3.16. The SMILES string of the molecule is O=C(Nc1ccccc1C(=O)NCCC1CCNC1)c1ccc(Cl)cc1. The minimum Gasteiger partial charge on any atom is -0.352 e. The number of nitrogens with one attached hydrogen (secondary N) is 3. The van der Waals surface area contributed by atoms with Gasteiger partial charge in [-0.1, -0.05) is 23.7 Å². The van der Waals surface area contributed by atoms with Crippen LogP contribution < -0.4 is 16.0 Å². The summed E-state index contributed by atoms with van der Waals surface area (Å²) in [5.74, 6) is 0.164. The van der Waals surface area contributed by atoms with Gasteiger partial charge >= 0.3 is 0 Å². The zero-order valence-electron chi connectivity index (χ0n) is 14.4. The van der Waals surface area contributed by atoms with E-state index in [1.54, 1.807) is 48.5 Å². The minimum atomic E-state index is -0.279. The van der Waals surface area contributed by atoms with Crippen molar-refractivity contribution >= 4 is 29.1 Å². The van der Waals surface area contributed by atoms with Gasteiger partial charge in [0.05, 0.1) is 11.3 Å². The molecular weight excluding hydrogens is 350 g/mol. The van der Waals surface area contributed by atoms with Crippen LogP contribution in [0.15, 0.2) is 48.5 Å². The van der Waals surface area contributed by atoms with Crippen LogP contribution in [-0.2, 0) is 0 Å². The highest BCUT2D eigenvalue weighted by molar-refractivity contribution is 6.30. The molecule has 1 aliphatic heterocycles. The van der Waals surface area contributed by atoms with Crippen LogP contribution in [0.25, 0.3) is 0 Å². The second-order valence-corrected chi connectivity index (χ2v) is 6.85. The predicted molar refractivity (Wildman–Crippen MR) is 104 cm³/mol. The van der Waals surface area contributed by atoms with Gasteiger partial charge in [-0.2, -0.15) is 0 Å². The number of rotatable bonds is 6. The fraction of sp³-hybridized carbons (Fsp3) is 0.300. The van der Waals surface area contributed by atoms with Crippen molar-refractivity contribution in [2.24, 2.45) is 5.92 Å². The number of halogens is 1. The molecule has 3 N–H and O–H groups in total. The summed E-state index contributed by atoms with van der Waals surface area (Å²) in [6.07, 6.45) is 2.11. The Balaban J connectivity index is 1.62. The van der Waals surface area contributed by atoms with Gasteiger partial charge in [-0.05, 0) is 68.2 Å². The third-order valence-corrected chi connectivity index (χ3v) is 4.78. The zero-order chi connectivity index (χ0) is 18.4. The molecule has 26 heavy (non-hydrogen) atoms. The molecule has 1 fully saturated rings. The number of benzene rings is 2. The largest absolute Gasteiger partial charge is 0.352 e. The molecule has 2 aromatic carbocycles. The third kappa shape index (κ3) is 4.84. The topological polar surface area (TPSA) is 70.2 Å². The highest BCUT2D eigenvalue weighted by atomic mass is 35.5. The summed E-state index contributed by atoms with van der Waals surface area (Å²) in [5, 5.41) is 9.65. The van der Waals surface area contributed by atoms with Gasteiger partial charge < -0.3 is 16.0 Å². The van der Waals surface area contributed by atoms with Crippen molar-refractivity contribution in [1.29, 1.82) is 0 Å². The summed E-state index contributed by atoms with van der Waals surface area (Å²) < 4.78 is 0. The Kier molecular flexibility index (Phi) is 6.26. The summed E-state index contributed by atoms with van der Waals surface area (Å²) in [4.78, 5) is 24.9. The Bertz CT molecular complexity index is 771. The Labute approximate surface area is 158 Å². The first-order chi connectivity index (χ1) is 12.6. The van der Waals surface area contributed by atoms with Crippen molar-refractivity contribution in [2.75, 3.05) is 25.0 Å². The molecule has 0 aliphatic carbocycles. The molecule has 0 radical (unpaired) electrons. The lowest BCUT2D eigenvalue weighted by Gasteiger charge is -2.13. The van der Waals surface area contributed by atoms with Gasteiger partial charge in [-0.3, -0.25) is 9.59 Å². The van der Waals surface area contributed by atoms with Crippen molar-refractivity contribution in [2.45, 2.75) is 12.8 Å². The van der Waals surface area contributed by atoms with Crippen molar-refractivity contribution in [3.8, 4) is 0 Å². The maximum absolute atomic E-state index is 12.5. The monoisotopic (exact) mass is 371 g/mol. The maximum Gasteiger partial charge on any atom is 0.255 e. The summed E-state index contributed by atoms with van der Waals surface area (Å²) in [6, 6.07) is 13.6. The number of anilines is 1. The molecule has 0 aromatic heterocycles. The van der Waals surface area contributed by atoms with Crippen molar-refractivity contribution in [3.63, 3.8) is 0 Å². The van der Waals surface area contributed by atoms with Gasteiger partial charge in [0.1, 0.15) is 0 Å².